The van der Waals surface area contributed by atoms with Crippen molar-refractivity contribution in [2.24, 2.45) is 0 Å². The molecule has 0 saturated carbocycles. The fraction of sp³-hybridized carbons (Fsp3) is 0.533. The van der Waals surface area contributed by atoms with E-state index >= 15 is 0 Å². The SMILES string of the molecule is COC(=O)CN(CCCO)C1CCc2ccccc21. The van der Waals surface area contributed by atoms with Crippen molar-refractivity contribution in [2.45, 2.75) is 25.3 Å². The van der Waals surface area contributed by atoms with Crippen LogP contribution in [0.4, 0.5) is 0 Å². The molecule has 1 aromatic carbocycles. The first-order chi connectivity index (χ1) is 9.26. The summed E-state index contributed by atoms with van der Waals surface area (Å²) >= 11 is 0. The van der Waals surface area contributed by atoms with E-state index in [1.165, 1.54) is 18.2 Å². The Balaban J connectivity index is 2.12. The van der Waals surface area contributed by atoms with Crippen LogP contribution in [0.3, 0.4) is 0 Å². The summed E-state index contributed by atoms with van der Waals surface area (Å²) in [6, 6.07) is 8.65. The second-order valence-electron chi connectivity index (χ2n) is 4.88. The van der Waals surface area contributed by atoms with E-state index in [9.17, 15) is 4.79 Å². The van der Waals surface area contributed by atoms with Gasteiger partial charge >= 0.3 is 5.97 Å². The molecule has 0 fully saturated rings. The fourth-order valence-corrected chi connectivity index (χ4v) is 2.76. The molecule has 0 aromatic heterocycles. The number of esters is 1. The predicted molar refractivity (Wildman–Crippen MR) is 72.8 cm³/mol. The van der Waals surface area contributed by atoms with Crippen LogP contribution < -0.4 is 0 Å². The summed E-state index contributed by atoms with van der Waals surface area (Å²) in [4.78, 5) is 13.6. The fourth-order valence-electron chi connectivity index (χ4n) is 2.76. The lowest BCUT2D eigenvalue weighted by atomic mass is 10.1. The number of hydrogen-bond donors (Lipinski definition) is 1. The Morgan fingerprint density at radius 3 is 3.00 bits per heavy atom. The van der Waals surface area contributed by atoms with Crippen LogP contribution >= 0.6 is 0 Å². The molecule has 1 aliphatic carbocycles. The summed E-state index contributed by atoms with van der Waals surface area (Å²) in [7, 11) is 1.41. The summed E-state index contributed by atoms with van der Waals surface area (Å²) < 4.78 is 4.77. The molecular formula is C15H21NO3. The number of carbonyl (C=O) groups excluding carboxylic acids is 1. The van der Waals surface area contributed by atoms with Crippen molar-refractivity contribution in [3.8, 4) is 0 Å². The van der Waals surface area contributed by atoms with E-state index in [-0.39, 0.29) is 25.2 Å². The van der Waals surface area contributed by atoms with Crippen LogP contribution in [0.25, 0.3) is 0 Å². The molecule has 2 rings (SSSR count). The van der Waals surface area contributed by atoms with Crippen LogP contribution in [0.2, 0.25) is 0 Å². The van der Waals surface area contributed by atoms with Gasteiger partial charge < -0.3 is 9.84 Å². The molecule has 19 heavy (non-hydrogen) atoms. The van der Waals surface area contributed by atoms with E-state index in [4.69, 9.17) is 9.84 Å². The lowest BCUT2D eigenvalue weighted by Gasteiger charge is -2.28. The Hall–Kier alpha value is -1.39. The normalized spacial score (nSPS) is 17.5. The van der Waals surface area contributed by atoms with Crippen LogP contribution in [-0.4, -0.2) is 42.8 Å². The molecule has 4 nitrogen and oxygen atoms in total. The minimum Gasteiger partial charge on any atom is -0.468 e. The molecule has 0 radical (unpaired) electrons. The van der Waals surface area contributed by atoms with E-state index in [1.54, 1.807) is 0 Å². The highest BCUT2D eigenvalue weighted by Gasteiger charge is 2.28. The molecule has 0 bridgehead atoms. The zero-order chi connectivity index (χ0) is 13.7. The van der Waals surface area contributed by atoms with Gasteiger partial charge in [0.15, 0.2) is 0 Å². The second kappa shape index (κ2) is 6.68. The molecule has 4 heteroatoms. The topological polar surface area (TPSA) is 49.8 Å². The monoisotopic (exact) mass is 263 g/mol. The molecule has 1 atom stereocenters. The molecule has 0 aliphatic heterocycles. The number of carbonyl (C=O) groups is 1. The Kier molecular flexibility index (Phi) is 4.93. The summed E-state index contributed by atoms with van der Waals surface area (Å²) in [5.41, 5.74) is 2.68. The maximum Gasteiger partial charge on any atom is 0.319 e. The van der Waals surface area contributed by atoms with Gasteiger partial charge in [-0.05, 0) is 30.4 Å². The average Bonchev–Trinajstić information content (AvgIpc) is 2.87. The number of methoxy groups -OCH3 is 1. The van der Waals surface area contributed by atoms with Crippen LogP contribution in [0.15, 0.2) is 24.3 Å². The maximum atomic E-state index is 11.5. The van der Waals surface area contributed by atoms with Crippen molar-refractivity contribution in [2.75, 3.05) is 26.8 Å². The van der Waals surface area contributed by atoms with Gasteiger partial charge in [-0.2, -0.15) is 0 Å². The first-order valence-electron chi connectivity index (χ1n) is 6.75. The molecule has 104 valence electrons. The van der Waals surface area contributed by atoms with Gasteiger partial charge in [0, 0.05) is 19.2 Å². The van der Waals surface area contributed by atoms with Crippen molar-refractivity contribution in [3.63, 3.8) is 0 Å². The van der Waals surface area contributed by atoms with Crippen LogP contribution in [0.5, 0.6) is 0 Å². The molecule has 1 aliphatic rings. The van der Waals surface area contributed by atoms with E-state index in [2.05, 4.69) is 23.1 Å². The van der Waals surface area contributed by atoms with Crippen LogP contribution in [0.1, 0.15) is 30.0 Å². The van der Waals surface area contributed by atoms with Crippen molar-refractivity contribution in [1.29, 1.82) is 0 Å². The highest BCUT2D eigenvalue weighted by Crippen LogP contribution is 2.35. The van der Waals surface area contributed by atoms with Gasteiger partial charge in [0.05, 0.1) is 13.7 Å². The van der Waals surface area contributed by atoms with E-state index in [0.29, 0.717) is 13.0 Å². The van der Waals surface area contributed by atoms with Crippen LogP contribution in [0, 0.1) is 0 Å². The Morgan fingerprint density at radius 2 is 2.26 bits per heavy atom. The highest BCUT2D eigenvalue weighted by atomic mass is 16.5. The number of aliphatic hydroxyl groups is 1. The number of aryl methyl sites for hydroxylation is 1. The van der Waals surface area contributed by atoms with Crippen LogP contribution in [-0.2, 0) is 16.0 Å². The van der Waals surface area contributed by atoms with Gasteiger partial charge in [-0.1, -0.05) is 24.3 Å². The van der Waals surface area contributed by atoms with E-state index in [1.807, 2.05) is 6.07 Å². The predicted octanol–water partition coefficient (Wildman–Crippen LogP) is 1.53. The third-order valence-electron chi connectivity index (χ3n) is 3.71. The number of nitrogens with zero attached hydrogens (tertiary/aromatic N) is 1. The molecule has 1 N–H and O–H groups in total. The number of hydrogen-bond acceptors (Lipinski definition) is 4. The van der Waals surface area contributed by atoms with Gasteiger partial charge in [-0.15, -0.1) is 0 Å². The standard InChI is InChI=1S/C15H21NO3/c1-19-15(18)11-16(9-4-10-17)14-8-7-12-5-2-3-6-13(12)14/h2-3,5-6,14,17H,4,7-11H2,1H3. The molecule has 1 aromatic rings. The van der Waals surface area contributed by atoms with Crippen molar-refractivity contribution >= 4 is 5.97 Å². The molecule has 0 spiro atoms. The molecule has 1 unspecified atom stereocenters. The summed E-state index contributed by atoms with van der Waals surface area (Å²) in [5, 5.41) is 9.00. The zero-order valence-electron chi connectivity index (χ0n) is 11.3. The number of rotatable bonds is 6. The number of aliphatic hydroxyl groups excluding tert-OH is 1. The van der Waals surface area contributed by atoms with E-state index in [0.717, 1.165) is 12.8 Å². The summed E-state index contributed by atoms with van der Waals surface area (Å²) in [6.45, 7) is 1.14. The number of benzene rings is 1. The van der Waals surface area contributed by atoms with Crippen molar-refractivity contribution in [3.05, 3.63) is 35.4 Å². The highest BCUT2D eigenvalue weighted by molar-refractivity contribution is 5.71. The minimum absolute atomic E-state index is 0.145. The second-order valence-corrected chi connectivity index (χ2v) is 4.88. The first-order valence-corrected chi connectivity index (χ1v) is 6.75. The largest absolute Gasteiger partial charge is 0.468 e. The lowest BCUT2D eigenvalue weighted by Crippen LogP contribution is -2.34. The van der Waals surface area contributed by atoms with E-state index < -0.39 is 0 Å². The Labute approximate surface area is 114 Å². The summed E-state index contributed by atoms with van der Waals surface area (Å²) in [5.74, 6) is -0.220. The van der Waals surface area contributed by atoms with Gasteiger partial charge in [-0.25, -0.2) is 0 Å². The average molecular weight is 263 g/mol. The molecule has 0 amide bonds. The molecule has 0 heterocycles. The van der Waals surface area contributed by atoms with Gasteiger partial charge in [0.2, 0.25) is 0 Å². The smallest absolute Gasteiger partial charge is 0.319 e. The van der Waals surface area contributed by atoms with Gasteiger partial charge in [0.25, 0.3) is 0 Å². The third kappa shape index (κ3) is 3.33. The number of fused-ring (bicyclic) bond motifs is 1. The van der Waals surface area contributed by atoms with Crippen molar-refractivity contribution in [1.82, 2.24) is 4.90 Å². The lowest BCUT2D eigenvalue weighted by molar-refractivity contribution is -0.142. The molecular weight excluding hydrogens is 242 g/mol. The van der Waals surface area contributed by atoms with Gasteiger partial charge in [-0.3, -0.25) is 9.69 Å². The van der Waals surface area contributed by atoms with Gasteiger partial charge in [0.1, 0.15) is 0 Å². The third-order valence-corrected chi connectivity index (χ3v) is 3.71. The Morgan fingerprint density at radius 1 is 1.47 bits per heavy atom. The first kappa shape index (κ1) is 14.0. The number of ether oxygens (including phenoxy) is 1. The minimum atomic E-state index is -0.220. The van der Waals surface area contributed by atoms with Crippen molar-refractivity contribution < 1.29 is 14.6 Å². The quantitative estimate of drug-likeness (QED) is 0.791. The maximum absolute atomic E-state index is 11.5. The zero-order valence-corrected chi connectivity index (χ0v) is 11.3. The Bertz CT molecular complexity index is 433. The molecule has 0 saturated heterocycles. The summed E-state index contributed by atoms with van der Waals surface area (Å²) in [6.07, 6.45) is 2.76.